The van der Waals surface area contributed by atoms with Gasteiger partial charge in [0.1, 0.15) is 0 Å². The predicted octanol–water partition coefficient (Wildman–Crippen LogP) is 2.83. The molecule has 3 rings (SSSR count). The SMILES string of the molecule is Cl.Cl.c1cc2c3c(nccc3c1)NN2. The lowest BCUT2D eigenvalue weighted by molar-refractivity contribution is 1.33. The van der Waals surface area contributed by atoms with Crippen LogP contribution in [0.1, 0.15) is 0 Å². The number of pyridine rings is 1. The predicted molar refractivity (Wildman–Crippen MR) is 63.5 cm³/mol. The normalized spacial score (nSPS) is 10.9. The number of rotatable bonds is 0. The molecule has 0 unspecified atom stereocenters. The van der Waals surface area contributed by atoms with Gasteiger partial charge in [-0.05, 0) is 17.5 Å². The van der Waals surface area contributed by atoms with Crippen LogP contribution in [0.25, 0.3) is 10.8 Å². The van der Waals surface area contributed by atoms with Crippen LogP contribution in [0.3, 0.4) is 0 Å². The third-order valence-corrected chi connectivity index (χ3v) is 2.11. The summed E-state index contributed by atoms with van der Waals surface area (Å²) >= 11 is 0. The summed E-state index contributed by atoms with van der Waals surface area (Å²) in [5, 5.41) is 2.40. The lowest BCUT2D eigenvalue weighted by atomic mass is 10.1. The van der Waals surface area contributed by atoms with Gasteiger partial charge in [-0.2, -0.15) is 0 Å². The molecular formula is C9H9Cl2N3. The third-order valence-electron chi connectivity index (χ3n) is 2.11. The number of aromatic nitrogens is 1. The second-order valence-corrected chi connectivity index (χ2v) is 2.81. The second-order valence-electron chi connectivity index (χ2n) is 2.81. The first-order valence-electron chi connectivity index (χ1n) is 3.85. The van der Waals surface area contributed by atoms with E-state index in [1.807, 2.05) is 18.2 Å². The zero-order valence-electron chi connectivity index (χ0n) is 7.15. The summed E-state index contributed by atoms with van der Waals surface area (Å²) in [6.45, 7) is 0. The zero-order valence-corrected chi connectivity index (χ0v) is 8.78. The molecule has 0 aliphatic carbocycles. The standard InChI is InChI=1S/C9H7N3.2ClH/c1-2-6-4-5-10-9-8(6)7(3-1)11-12-9;;/h1-5H,(H2,10,11,12);2*1H. The van der Waals surface area contributed by atoms with Crippen molar-refractivity contribution >= 4 is 47.1 Å². The smallest absolute Gasteiger partial charge is 0.154 e. The van der Waals surface area contributed by atoms with Crippen LogP contribution < -0.4 is 10.9 Å². The van der Waals surface area contributed by atoms with E-state index in [0.717, 1.165) is 11.5 Å². The maximum absolute atomic E-state index is 4.20. The molecule has 2 aromatic rings. The van der Waals surface area contributed by atoms with E-state index in [-0.39, 0.29) is 24.8 Å². The van der Waals surface area contributed by atoms with Crippen molar-refractivity contribution in [1.82, 2.24) is 4.98 Å². The van der Waals surface area contributed by atoms with E-state index >= 15 is 0 Å². The fourth-order valence-corrected chi connectivity index (χ4v) is 1.56. The van der Waals surface area contributed by atoms with Gasteiger partial charge in [0.2, 0.25) is 0 Å². The number of hydrazine groups is 1. The van der Waals surface area contributed by atoms with Gasteiger partial charge in [-0.25, -0.2) is 4.98 Å². The second kappa shape index (κ2) is 3.90. The first-order valence-corrected chi connectivity index (χ1v) is 3.85. The molecule has 2 N–H and O–H groups in total. The van der Waals surface area contributed by atoms with E-state index in [4.69, 9.17) is 0 Å². The molecule has 2 heterocycles. The summed E-state index contributed by atoms with van der Waals surface area (Å²) in [4.78, 5) is 4.20. The molecule has 1 aromatic heterocycles. The molecule has 1 aliphatic rings. The minimum absolute atomic E-state index is 0. The first kappa shape index (κ1) is 10.9. The molecule has 0 atom stereocenters. The van der Waals surface area contributed by atoms with Crippen LogP contribution in [0.2, 0.25) is 0 Å². The lowest BCUT2D eigenvalue weighted by Crippen LogP contribution is -2.01. The largest absolute Gasteiger partial charge is 0.299 e. The van der Waals surface area contributed by atoms with Crippen molar-refractivity contribution < 1.29 is 0 Å². The van der Waals surface area contributed by atoms with Gasteiger partial charge in [-0.15, -0.1) is 24.8 Å². The Bertz CT molecular complexity index is 420. The van der Waals surface area contributed by atoms with Crippen LogP contribution in [0.5, 0.6) is 0 Å². The number of hydrogen-bond acceptors (Lipinski definition) is 3. The molecule has 0 saturated carbocycles. The maximum Gasteiger partial charge on any atom is 0.154 e. The summed E-state index contributed by atoms with van der Waals surface area (Å²) in [6, 6.07) is 8.16. The molecule has 5 heteroatoms. The third kappa shape index (κ3) is 1.35. The molecule has 14 heavy (non-hydrogen) atoms. The van der Waals surface area contributed by atoms with Crippen molar-refractivity contribution in [3.05, 3.63) is 30.5 Å². The van der Waals surface area contributed by atoms with Gasteiger partial charge in [-0.3, -0.25) is 10.9 Å². The van der Waals surface area contributed by atoms with Crippen LogP contribution in [-0.4, -0.2) is 4.98 Å². The number of anilines is 2. The summed E-state index contributed by atoms with van der Waals surface area (Å²) < 4.78 is 0. The monoisotopic (exact) mass is 229 g/mol. The van der Waals surface area contributed by atoms with Crippen LogP contribution in [0.15, 0.2) is 30.5 Å². The summed E-state index contributed by atoms with van der Waals surface area (Å²) in [5.41, 5.74) is 7.18. The molecule has 0 radical (unpaired) electrons. The van der Waals surface area contributed by atoms with E-state index in [0.29, 0.717) is 0 Å². The summed E-state index contributed by atoms with van der Waals surface area (Å²) in [5.74, 6) is 0.920. The highest BCUT2D eigenvalue weighted by Gasteiger charge is 2.12. The van der Waals surface area contributed by atoms with Crippen molar-refractivity contribution in [2.24, 2.45) is 0 Å². The Morgan fingerprint density at radius 3 is 2.71 bits per heavy atom. The minimum atomic E-state index is 0. The number of nitrogens with one attached hydrogen (secondary N) is 2. The van der Waals surface area contributed by atoms with Crippen molar-refractivity contribution in [1.29, 1.82) is 0 Å². The average Bonchev–Trinajstić information content (AvgIpc) is 2.52. The lowest BCUT2D eigenvalue weighted by Gasteiger charge is -1.95. The van der Waals surface area contributed by atoms with Crippen molar-refractivity contribution in [2.75, 3.05) is 10.9 Å². The molecule has 1 aromatic carbocycles. The molecular weight excluding hydrogens is 221 g/mol. The highest BCUT2D eigenvalue weighted by Crippen LogP contribution is 2.32. The average molecular weight is 230 g/mol. The molecule has 0 amide bonds. The zero-order chi connectivity index (χ0) is 7.97. The van der Waals surface area contributed by atoms with E-state index < -0.39 is 0 Å². The van der Waals surface area contributed by atoms with Gasteiger partial charge in [0.25, 0.3) is 0 Å². The quantitative estimate of drug-likeness (QED) is 0.730. The van der Waals surface area contributed by atoms with Gasteiger partial charge < -0.3 is 0 Å². The van der Waals surface area contributed by atoms with Crippen LogP contribution in [-0.2, 0) is 0 Å². The van der Waals surface area contributed by atoms with E-state index in [9.17, 15) is 0 Å². The van der Waals surface area contributed by atoms with Gasteiger partial charge in [0.15, 0.2) is 5.82 Å². The van der Waals surface area contributed by atoms with Gasteiger partial charge in [0.05, 0.1) is 11.1 Å². The molecule has 0 fully saturated rings. The Morgan fingerprint density at radius 1 is 1.00 bits per heavy atom. The Hall–Kier alpha value is -1.19. The van der Waals surface area contributed by atoms with Crippen molar-refractivity contribution in [2.45, 2.75) is 0 Å². The van der Waals surface area contributed by atoms with Gasteiger partial charge >= 0.3 is 0 Å². The van der Waals surface area contributed by atoms with Crippen LogP contribution in [0.4, 0.5) is 11.5 Å². The number of hydrogen-bond donors (Lipinski definition) is 2. The van der Waals surface area contributed by atoms with Crippen molar-refractivity contribution in [3.63, 3.8) is 0 Å². The molecule has 74 valence electrons. The van der Waals surface area contributed by atoms with Gasteiger partial charge in [0, 0.05) is 6.20 Å². The Kier molecular flexibility index (Phi) is 3.03. The fourth-order valence-electron chi connectivity index (χ4n) is 1.56. The van der Waals surface area contributed by atoms with E-state index in [2.05, 4.69) is 21.9 Å². The first-order chi connectivity index (χ1) is 5.95. The number of halogens is 2. The van der Waals surface area contributed by atoms with Crippen molar-refractivity contribution in [3.8, 4) is 0 Å². The van der Waals surface area contributed by atoms with Crippen LogP contribution in [0, 0.1) is 0 Å². The number of nitrogens with zero attached hydrogens (tertiary/aromatic N) is 1. The number of benzene rings is 1. The van der Waals surface area contributed by atoms with Gasteiger partial charge in [-0.1, -0.05) is 12.1 Å². The van der Waals surface area contributed by atoms with E-state index in [1.165, 1.54) is 10.8 Å². The van der Waals surface area contributed by atoms with E-state index in [1.54, 1.807) is 6.20 Å². The Balaban J connectivity index is 0.000000490. The Morgan fingerprint density at radius 2 is 1.86 bits per heavy atom. The topological polar surface area (TPSA) is 37.0 Å². The molecule has 1 aliphatic heterocycles. The molecule has 0 spiro atoms. The fraction of sp³-hybridized carbons (Fsp3) is 0. The maximum atomic E-state index is 4.20. The highest BCUT2D eigenvalue weighted by atomic mass is 35.5. The summed E-state index contributed by atoms with van der Waals surface area (Å²) in [7, 11) is 0. The highest BCUT2D eigenvalue weighted by molar-refractivity contribution is 6.05. The summed E-state index contributed by atoms with van der Waals surface area (Å²) in [6.07, 6.45) is 1.81. The minimum Gasteiger partial charge on any atom is -0.299 e. The molecule has 3 nitrogen and oxygen atoms in total. The Labute approximate surface area is 93.7 Å². The van der Waals surface area contributed by atoms with Crippen LogP contribution >= 0.6 is 24.8 Å². The molecule has 0 bridgehead atoms. The molecule has 0 saturated heterocycles.